The van der Waals surface area contributed by atoms with Crippen LogP contribution in [-0.2, 0) is 14.6 Å². The molecule has 40 heavy (non-hydrogen) atoms. The van der Waals surface area contributed by atoms with Crippen molar-refractivity contribution in [1.82, 2.24) is 9.47 Å². The first kappa shape index (κ1) is 29.9. The average molecular weight is 590 g/mol. The number of sulfone groups is 1. The van der Waals surface area contributed by atoms with Gasteiger partial charge in [0.25, 0.3) is 0 Å². The van der Waals surface area contributed by atoms with E-state index in [1.165, 1.54) is 18.4 Å². The van der Waals surface area contributed by atoms with Crippen LogP contribution in [0.3, 0.4) is 0 Å². The number of hydrogen-bond acceptors (Lipinski definition) is 5. The second-order valence-electron chi connectivity index (χ2n) is 11.5. The molecule has 1 aliphatic heterocycles. The maximum absolute atomic E-state index is 15.3. The summed E-state index contributed by atoms with van der Waals surface area (Å²) in [4.78, 5) is 16.3. The van der Waals surface area contributed by atoms with Crippen molar-refractivity contribution in [3.63, 3.8) is 0 Å². The first-order valence-corrected chi connectivity index (χ1v) is 15.6. The quantitative estimate of drug-likeness (QED) is 0.321. The maximum Gasteiger partial charge on any atom is 0.410 e. The zero-order valence-electron chi connectivity index (χ0n) is 24.1. The molecule has 0 radical (unpaired) electrons. The highest BCUT2D eigenvalue weighted by molar-refractivity contribution is 7.91. The summed E-state index contributed by atoms with van der Waals surface area (Å²) in [6.07, 6.45) is 0.814. The van der Waals surface area contributed by atoms with E-state index >= 15 is 4.39 Å². The highest BCUT2D eigenvalue weighted by Crippen LogP contribution is 2.44. The van der Waals surface area contributed by atoms with Gasteiger partial charge in [-0.25, -0.2) is 17.6 Å². The third-order valence-corrected chi connectivity index (χ3v) is 8.36. The van der Waals surface area contributed by atoms with Crippen LogP contribution in [0, 0.1) is 12.7 Å². The lowest BCUT2D eigenvalue weighted by Crippen LogP contribution is -2.50. The topological polar surface area (TPSA) is 71.8 Å². The molecule has 2 heterocycles. The number of carbonyl (C=O) groups is 1. The summed E-state index contributed by atoms with van der Waals surface area (Å²) in [5.41, 5.74) is 3.03. The molecule has 1 fully saturated rings. The van der Waals surface area contributed by atoms with Gasteiger partial charge >= 0.3 is 6.09 Å². The molecule has 0 bridgehead atoms. The van der Waals surface area contributed by atoms with Gasteiger partial charge in [-0.15, -0.1) is 0 Å². The zero-order chi connectivity index (χ0) is 29.6. The molecule has 0 unspecified atom stereocenters. The van der Waals surface area contributed by atoms with Crippen molar-refractivity contribution >= 4 is 33.2 Å². The van der Waals surface area contributed by atoms with E-state index in [0.29, 0.717) is 59.4 Å². The first-order chi connectivity index (χ1) is 18.6. The van der Waals surface area contributed by atoms with Gasteiger partial charge in [-0.2, -0.15) is 0 Å². The molecule has 2 aromatic carbocycles. The van der Waals surface area contributed by atoms with Crippen LogP contribution >= 0.6 is 11.6 Å². The number of benzene rings is 2. The normalized spacial score (nSPS) is 14.7. The molecule has 0 N–H and O–H groups in total. The minimum Gasteiger partial charge on any atom is -0.444 e. The fourth-order valence-corrected chi connectivity index (χ4v) is 6.67. The summed E-state index contributed by atoms with van der Waals surface area (Å²) in [5.74, 6) is -0.474. The van der Waals surface area contributed by atoms with Gasteiger partial charge in [-0.05, 0) is 83.0 Å². The van der Waals surface area contributed by atoms with Crippen LogP contribution < -0.4 is 4.90 Å². The molecule has 1 aromatic heterocycles. The molecule has 10 heteroatoms. The standard InChI is InChI=1S/C30H37ClFN3O4S/c1-19(2)35-20(3)28(40(7,37)38)26(27(35)21-8-10-23(31)11-9-21)22-16-24(32)18-25(17-22)33-12-14-34(15-13-33)29(36)39-30(4,5)6/h8-11,16-19H,12-15H2,1-7H3. The van der Waals surface area contributed by atoms with Crippen LogP contribution in [0.1, 0.15) is 46.4 Å². The molecular formula is C30H37ClFN3O4S. The van der Waals surface area contributed by atoms with Crippen molar-refractivity contribution in [3.8, 4) is 22.4 Å². The maximum atomic E-state index is 15.3. The fraction of sp³-hybridized carbons (Fsp3) is 0.433. The summed E-state index contributed by atoms with van der Waals surface area (Å²) in [5, 5.41) is 0.562. The highest BCUT2D eigenvalue weighted by atomic mass is 35.5. The minimum atomic E-state index is -3.69. The number of amides is 1. The number of hydrogen-bond donors (Lipinski definition) is 0. The van der Waals surface area contributed by atoms with E-state index in [4.69, 9.17) is 16.3 Å². The number of rotatable bonds is 5. The van der Waals surface area contributed by atoms with E-state index in [0.717, 1.165) is 5.56 Å². The third kappa shape index (κ3) is 6.31. The number of aromatic nitrogens is 1. The van der Waals surface area contributed by atoms with E-state index in [1.807, 2.05) is 62.3 Å². The number of nitrogens with zero attached hydrogens (tertiary/aromatic N) is 3. The Kier molecular flexibility index (Phi) is 8.30. The first-order valence-electron chi connectivity index (χ1n) is 13.3. The molecule has 1 aliphatic rings. The van der Waals surface area contributed by atoms with Crippen molar-refractivity contribution in [1.29, 1.82) is 0 Å². The molecule has 1 amide bonds. The summed E-state index contributed by atoms with van der Waals surface area (Å²) >= 11 is 6.17. The van der Waals surface area contributed by atoms with E-state index in [1.54, 1.807) is 24.0 Å². The predicted octanol–water partition coefficient (Wildman–Crippen LogP) is 6.96. The van der Waals surface area contributed by atoms with Crippen molar-refractivity contribution in [2.45, 2.75) is 58.1 Å². The van der Waals surface area contributed by atoms with Crippen LogP contribution in [0.4, 0.5) is 14.9 Å². The Morgan fingerprint density at radius 3 is 2.12 bits per heavy atom. The largest absolute Gasteiger partial charge is 0.444 e. The number of halogens is 2. The second kappa shape index (κ2) is 11.1. The summed E-state index contributed by atoms with van der Waals surface area (Å²) in [7, 11) is -3.69. The molecule has 7 nitrogen and oxygen atoms in total. The Morgan fingerprint density at radius 2 is 1.60 bits per heavy atom. The lowest BCUT2D eigenvalue weighted by molar-refractivity contribution is 0.0240. The highest BCUT2D eigenvalue weighted by Gasteiger charge is 2.31. The minimum absolute atomic E-state index is 0.0612. The molecule has 1 saturated heterocycles. The van der Waals surface area contributed by atoms with Crippen LogP contribution in [0.5, 0.6) is 0 Å². The molecule has 0 spiro atoms. The third-order valence-electron chi connectivity index (χ3n) is 6.87. The van der Waals surface area contributed by atoms with Crippen molar-refractivity contribution in [2.24, 2.45) is 0 Å². The molecule has 216 valence electrons. The Balaban J connectivity index is 1.82. The average Bonchev–Trinajstić information content (AvgIpc) is 3.17. The van der Waals surface area contributed by atoms with E-state index in [2.05, 4.69) is 0 Å². The van der Waals surface area contributed by atoms with Gasteiger partial charge in [0.05, 0.1) is 10.6 Å². The van der Waals surface area contributed by atoms with Gasteiger partial charge in [0, 0.05) is 60.4 Å². The van der Waals surface area contributed by atoms with Crippen LogP contribution in [0.15, 0.2) is 47.4 Å². The lowest BCUT2D eigenvalue weighted by Gasteiger charge is -2.37. The van der Waals surface area contributed by atoms with Crippen LogP contribution in [-0.4, -0.2) is 62.0 Å². The summed E-state index contributed by atoms with van der Waals surface area (Å²) < 4.78 is 49.1. The van der Waals surface area contributed by atoms with Crippen molar-refractivity contribution < 1.29 is 22.3 Å². The van der Waals surface area contributed by atoms with Crippen LogP contribution in [0.2, 0.25) is 5.02 Å². The van der Waals surface area contributed by atoms with Gasteiger partial charge in [-0.1, -0.05) is 23.7 Å². The summed E-state index contributed by atoms with van der Waals surface area (Å²) in [6, 6.07) is 11.8. The second-order valence-corrected chi connectivity index (χ2v) is 13.9. The van der Waals surface area contributed by atoms with Gasteiger partial charge in [0.2, 0.25) is 0 Å². The predicted molar refractivity (Wildman–Crippen MR) is 159 cm³/mol. The molecule has 4 rings (SSSR count). The van der Waals surface area contributed by atoms with Gasteiger partial charge in [-0.3, -0.25) is 0 Å². The number of ether oxygens (including phenoxy) is 1. The molecule has 3 aromatic rings. The Labute approximate surface area is 241 Å². The van der Waals surface area contributed by atoms with E-state index in [9.17, 15) is 13.2 Å². The van der Waals surface area contributed by atoms with Crippen molar-refractivity contribution in [2.75, 3.05) is 37.3 Å². The Hall–Kier alpha value is -3.04. The van der Waals surface area contributed by atoms with Gasteiger partial charge in [0.1, 0.15) is 11.4 Å². The number of carbonyl (C=O) groups excluding carboxylic acids is 1. The molecule has 0 aliphatic carbocycles. The number of anilines is 1. The van der Waals surface area contributed by atoms with Crippen molar-refractivity contribution in [3.05, 3.63) is 59.0 Å². The van der Waals surface area contributed by atoms with E-state index in [-0.39, 0.29) is 17.0 Å². The van der Waals surface area contributed by atoms with Gasteiger partial charge < -0.3 is 19.1 Å². The number of piperazine rings is 1. The fourth-order valence-electron chi connectivity index (χ4n) is 5.32. The summed E-state index contributed by atoms with van der Waals surface area (Å²) in [6.45, 7) is 13.1. The monoisotopic (exact) mass is 589 g/mol. The Bertz CT molecular complexity index is 1520. The SMILES string of the molecule is Cc1c(S(C)(=O)=O)c(-c2cc(F)cc(N3CCN(C(=O)OC(C)(C)C)CC3)c2)c(-c2ccc(Cl)cc2)n1C(C)C. The van der Waals surface area contributed by atoms with Gasteiger partial charge in [0.15, 0.2) is 9.84 Å². The molecular weight excluding hydrogens is 553 g/mol. The lowest BCUT2D eigenvalue weighted by atomic mass is 9.99. The smallest absolute Gasteiger partial charge is 0.410 e. The molecule has 0 saturated carbocycles. The van der Waals surface area contributed by atoms with E-state index < -0.39 is 21.3 Å². The molecule has 0 atom stereocenters. The Morgan fingerprint density at radius 1 is 1.00 bits per heavy atom. The van der Waals surface area contributed by atoms with Crippen LogP contribution in [0.25, 0.3) is 22.4 Å². The zero-order valence-corrected chi connectivity index (χ0v) is 25.7.